The highest BCUT2D eigenvalue weighted by Crippen LogP contribution is 2.46. The van der Waals surface area contributed by atoms with E-state index in [1.165, 1.54) is 0 Å². The molecule has 0 aliphatic heterocycles. The van der Waals surface area contributed by atoms with Crippen LogP contribution in [0.1, 0.15) is 34.1 Å². The molecular weight excluding hydrogens is 230 g/mol. The van der Waals surface area contributed by atoms with Gasteiger partial charge in [0.2, 0.25) is 5.91 Å². The summed E-state index contributed by atoms with van der Waals surface area (Å²) < 4.78 is 0. The molecule has 0 unspecified atom stereocenters. The molecule has 4 heteroatoms. The molecule has 0 radical (unpaired) electrons. The number of benzene rings is 1. The first-order valence-electron chi connectivity index (χ1n) is 5.75. The van der Waals surface area contributed by atoms with Gasteiger partial charge in [-0.1, -0.05) is 39.5 Å². The largest absolute Gasteiger partial charge is 0.480 e. The van der Waals surface area contributed by atoms with Crippen molar-refractivity contribution < 1.29 is 14.7 Å². The van der Waals surface area contributed by atoms with Gasteiger partial charge in [-0.3, -0.25) is 9.59 Å². The molecule has 1 saturated carbocycles. The van der Waals surface area contributed by atoms with Crippen LogP contribution < -0.4 is 5.32 Å². The van der Waals surface area contributed by atoms with E-state index >= 15 is 0 Å². The van der Waals surface area contributed by atoms with Gasteiger partial charge in [0.1, 0.15) is 5.41 Å². The first-order valence-corrected chi connectivity index (χ1v) is 5.75. The van der Waals surface area contributed by atoms with Crippen molar-refractivity contribution >= 4 is 17.6 Å². The lowest BCUT2D eigenvalue weighted by Gasteiger charge is -2.10. The maximum atomic E-state index is 11.6. The zero-order valence-electron chi connectivity index (χ0n) is 10.1. The molecule has 2 N–H and O–H groups in total. The van der Waals surface area contributed by atoms with Crippen LogP contribution in [0.15, 0.2) is 30.3 Å². The topological polar surface area (TPSA) is 66.4 Å². The van der Waals surface area contributed by atoms with Crippen LogP contribution in [0.4, 0.5) is 5.69 Å². The van der Waals surface area contributed by atoms with Crippen LogP contribution in [0.2, 0.25) is 0 Å². The van der Waals surface area contributed by atoms with Gasteiger partial charge in [-0.2, -0.15) is 0 Å². The lowest BCUT2D eigenvalue weighted by atomic mass is 10.1. The Morgan fingerprint density at radius 3 is 2.06 bits per heavy atom. The van der Waals surface area contributed by atoms with Crippen molar-refractivity contribution in [2.45, 2.75) is 34.1 Å². The zero-order valence-corrected chi connectivity index (χ0v) is 10.1. The van der Waals surface area contributed by atoms with Crippen molar-refractivity contribution in [1.29, 1.82) is 0 Å². The monoisotopic (exact) mass is 251 g/mol. The molecule has 1 aromatic rings. The lowest BCUT2D eigenvalue weighted by Crippen LogP contribution is -2.31. The van der Waals surface area contributed by atoms with Crippen LogP contribution in [0.3, 0.4) is 0 Å². The van der Waals surface area contributed by atoms with Gasteiger partial charge in [0.25, 0.3) is 0 Å². The van der Waals surface area contributed by atoms with Crippen LogP contribution in [0, 0.1) is 5.41 Å². The van der Waals surface area contributed by atoms with Gasteiger partial charge in [0.15, 0.2) is 0 Å². The van der Waals surface area contributed by atoms with Crippen LogP contribution in [-0.2, 0) is 9.59 Å². The highest BCUT2D eigenvalue weighted by molar-refractivity contribution is 6.10. The van der Waals surface area contributed by atoms with Crippen molar-refractivity contribution in [2.75, 3.05) is 5.32 Å². The summed E-state index contributed by atoms with van der Waals surface area (Å²) in [5, 5.41) is 11.5. The maximum absolute atomic E-state index is 11.6. The third kappa shape index (κ3) is 3.32. The van der Waals surface area contributed by atoms with Crippen LogP contribution in [0.5, 0.6) is 0 Å². The Kier molecular flexibility index (Phi) is 6.09. The van der Waals surface area contributed by atoms with E-state index < -0.39 is 17.3 Å². The van der Waals surface area contributed by atoms with E-state index in [1.807, 2.05) is 19.9 Å². The second kappa shape index (κ2) is 6.79. The Bertz CT molecular complexity index is 397. The summed E-state index contributed by atoms with van der Waals surface area (Å²) >= 11 is 0. The molecule has 1 fully saturated rings. The van der Waals surface area contributed by atoms with E-state index in [4.69, 9.17) is 5.11 Å². The van der Waals surface area contributed by atoms with Gasteiger partial charge in [0, 0.05) is 5.69 Å². The second-order valence-electron chi connectivity index (χ2n) is 3.71. The number of anilines is 1. The molecule has 0 aromatic heterocycles. The van der Waals surface area contributed by atoms with E-state index in [2.05, 4.69) is 5.32 Å². The number of hydrogen-bond acceptors (Lipinski definition) is 2. The van der Waals surface area contributed by atoms with Gasteiger partial charge in [-0.25, -0.2) is 0 Å². The second-order valence-corrected chi connectivity index (χ2v) is 3.71. The Hall–Kier alpha value is -1.84. The van der Waals surface area contributed by atoms with Crippen molar-refractivity contribution in [1.82, 2.24) is 0 Å². The molecule has 18 heavy (non-hydrogen) atoms. The molecular formula is C14H21NO3. The SMILES string of the molecule is C.CC.O=C(O)C1(C(=O)Nc2ccccc2)CC1. The minimum Gasteiger partial charge on any atom is -0.480 e. The van der Waals surface area contributed by atoms with Gasteiger partial charge in [-0.05, 0) is 25.0 Å². The summed E-state index contributed by atoms with van der Waals surface area (Å²) in [7, 11) is 0. The van der Waals surface area contributed by atoms with Crippen LogP contribution in [0.25, 0.3) is 0 Å². The van der Waals surface area contributed by atoms with Crippen LogP contribution in [-0.4, -0.2) is 17.0 Å². The number of para-hydroxylation sites is 1. The number of rotatable bonds is 3. The highest BCUT2D eigenvalue weighted by Gasteiger charge is 2.57. The molecule has 0 spiro atoms. The molecule has 2 rings (SSSR count). The maximum Gasteiger partial charge on any atom is 0.319 e. The quantitative estimate of drug-likeness (QED) is 0.811. The third-order valence-electron chi connectivity index (χ3n) is 2.63. The predicted octanol–water partition coefficient (Wildman–Crippen LogP) is 3.15. The summed E-state index contributed by atoms with van der Waals surface area (Å²) in [6.45, 7) is 4.00. The van der Waals surface area contributed by atoms with E-state index in [0.717, 1.165) is 0 Å². The Morgan fingerprint density at radius 2 is 1.67 bits per heavy atom. The molecule has 0 heterocycles. The lowest BCUT2D eigenvalue weighted by molar-refractivity contribution is -0.147. The summed E-state index contributed by atoms with van der Waals surface area (Å²) in [6.07, 6.45) is 0.863. The highest BCUT2D eigenvalue weighted by atomic mass is 16.4. The van der Waals surface area contributed by atoms with Crippen molar-refractivity contribution in [3.8, 4) is 0 Å². The van der Waals surface area contributed by atoms with Crippen molar-refractivity contribution in [3.63, 3.8) is 0 Å². The Labute approximate surface area is 108 Å². The number of carboxylic acids is 1. The predicted molar refractivity (Wildman–Crippen MR) is 72.5 cm³/mol. The molecule has 1 amide bonds. The fraction of sp³-hybridized carbons (Fsp3) is 0.429. The molecule has 100 valence electrons. The number of carbonyl (C=O) groups is 2. The fourth-order valence-electron chi connectivity index (χ4n) is 1.44. The first-order chi connectivity index (χ1) is 8.15. The van der Waals surface area contributed by atoms with Gasteiger partial charge < -0.3 is 10.4 Å². The number of nitrogens with one attached hydrogen (secondary N) is 1. The third-order valence-corrected chi connectivity index (χ3v) is 2.63. The number of carboxylic acid groups (broad SMARTS) is 1. The van der Waals surface area contributed by atoms with E-state index in [0.29, 0.717) is 18.5 Å². The van der Waals surface area contributed by atoms with Gasteiger partial charge in [0.05, 0.1) is 0 Å². The zero-order chi connectivity index (χ0) is 12.9. The summed E-state index contributed by atoms with van der Waals surface area (Å²) in [5.41, 5.74) is -0.537. The van der Waals surface area contributed by atoms with Gasteiger partial charge >= 0.3 is 5.97 Å². The van der Waals surface area contributed by atoms with Crippen molar-refractivity contribution in [2.24, 2.45) is 5.41 Å². The smallest absolute Gasteiger partial charge is 0.319 e. The number of amides is 1. The fourth-order valence-corrected chi connectivity index (χ4v) is 1.44. The Balaban J connectivity index is 0.000000917. The molecule has 1 aromatic carbocycles. The van der Waals surface area contributed by atoms with Crippen molar-refractivity contribution in [3.05, 3.63) is 30.3 Å². The van der Waals surface area contributed by atoms with Crippen LogP contribution >= 0.6 is 0 Å². The molecule has 0 saturated heterocycles. The Morgan fingerprint density at radius 1 is 1.17 bits per heavy atom. The van der Waals surface area contributed by atoms with E-state index in [-0.39, 0.29) is 7.43 Å². The first kappa shape index (κ1) is 16.2. The molecule has 1 aliphatic carbocycles. The van der Waals surface area contributed by atoms with E-state index in [9.17, 15) is 9.59 Å². The normalized spacial score (nSPS) is 14.3. The summed E-state index contributed by atoms with van der Waals surface area (Å²) in [6, 6.07) is 8.87. The molecule has 4 nitrogen and oxygen atoms in total. The molecule has 0 atom stereocenters. The summed E-state index contributed by atoms with van der Waals surface area (Å²) in [5.74, 6) is -1.45. The van der Waals surface area contributed by atoms with E-state index in [1.54, 1.807) is 24.3 Å². The number of aliphatic carboxylic acids is 1. The molecule has 0 bridgehead atoms. The standard InChI is InChI=1S/C11H11NO3.C2H6.CH4/c13-9(11(6-7-11)10(14)15)12-8-4-2-1-3-5-8;1-2;/h1-5H,6-7H2,(H,12,13)(H,14,15);1-2H3;1H4. The number of hydrogen-bond donors (Lipinski definition) is 2. The van der Waals surface area contributed by atoms with Gasteiger partial charge in [-0.15, -0.1) is 0 Å². The minimum atomic E-state index is -1.17. The molecule has 1 aliphatic rings. The summed E-state index contributed by atoms with van der Waals surface area (Å²) in [4.78, 5) is 22.5. The number of carbonyl (C=O) groups excluding carboxylic acids is 1. The average molecular weight is 251 g/mol. The average Bonchev–Trinajstić information content (AvgIpc) is 3.14. The minimum absolute atomic E-state index is 0.